The zero-order valence-corrected chi connectivity index (χ0v) is 30.9. The lowest BCUT2D eigenvalue weighted by atomic mass is 9.97. The summed E-state index contributed by atoms with van der Waals surface area (Å²) in [6, 6.07) is 65.6. The summed E-state index contributed by atoms with van der Waals surface area (Å²) in [4.78, 5) is 15.7. The van der Waals surface area contributed by atoms with Gasteiger partial charge in [-0.2, -0.15) is 0 Å². The summed E-state index contributed by atoms with van der Waals surface area (Å²) < 4.78 is 8.90. The summed E-state index contributed by atoms with van der Waals surface area (Å²) in [5.41, 5.74) is 11.5. The molecule has 262 valence electrons. The van der Waals surface area contributed by atoms with Crippen molar-refractivity contribution >= 4 is 53.4 Å². The zero-order chi connectivity index (χ0) is 37.0. The van der Waals surface area contributed by atoms with Gasteiger partial charge in [0.05, 0.1) is 0 Å². The van der Waals surface area contributed by atoms with Gasteiger partial charge in [0.25, 0.3) is 0 Å². The SMILES string of the molecule is c1ccc(-c2cccc(-c3ccc4oc5cccc(-c6nc(-c7ccccc7)nc(-c7cccc8c7sc7c(-c9ccccc9)cccc78)n6)c5c4c3)c2)cc1. The second-order valence-corrected chi connectivity index (χ2v) is 15.0. The molecule has 3 aromatic heterocycles. The van der Waals surface area contributed by atoms with Gasteiger partial charge in [0.2, 0.25) is 0 Å². The molecule has 0 saturated heterocycles. The molecule has 11 rings (SSSR count). The maximum atomic E-state index is 6.50. The molecule has 0 atom stereocenters. The predicted molar refractivity (Wildman–Crippen MR) is 233 cm³/mol. The minimum Gasteiger partial charge on any atom is -0.456 e. The standard InChI is InChI=1S/C51H31N3OS/c1-4-14-32(15-5-1)35-20-10-21-36(30-35)37-28-29-44-43(31-37)46-41(25-13-27-45(46)55-44)50-52-49(34-18-8-3-9-19-34)53-51(54-50)42-26-12-24-40-39-23-11-22-38(47(39)56-48(40)42)33-16-6-2-7-17-33/h1-31H. The van der Waals surface area contributed by atoms with Crippen LogP contribution in [-0.2, 0) is 0 Å². The van der Waals surface area contributed by atoms with Gasteiger partial charge in [0.1, 0.15) is 11.2 Å². The summed E-state index contributed by atoms with van der Waals surface area (Å²) in [6.45, 7) is 0. The van der Waals surface area contributed by atoms with Gasteiger partial charge in [0.15, 0.2) is 17.5 Å². The summed E-state index contributed by atoms with van der Waals surface area (Å²) in [6.07, 6.45) is 0. The largest absolute Gasteiger partial charge is 0.456 e. The summed E-state index contributed by atoms with van der Waals surface area (Å²) in [5.74, 6) is 1.86. The number of thiophene rings is 1. The van der Waals surface area contributed by atoms with Gasteiger partial charge >= 0.3 is 0 Å². The molecule has 5 heteroatoms. The minimum atomic E-state index is 0.599. The van der Waals surface area contributed by atoms with Gasteiger partial charge in [-0.3, -0.25) is 0 Å². The molecular weight excluding hydrogens is 703 g/mol. The minimum absolute atomic E-state index is 0.599. The summed E-state index contributed by atoms with van der Waals surface area (Å²) in [7, 11) is 0. The van der Waals surface area contributed by atoms with E-state index in [2.05, 4.69) is 152 Å². The Morgan fingerprint density at radius 2 is 0.839 bits per heavy atom. The Bertz CT molecular complexity index is 3240. The molecule has 0 fully saturated rings. The highest BCUT2D eigenvalue weighted by Crippen LogP contribution is 2.44. The molecule has 0 radical (unpaired) electrons. The number of fused-ring (bicyclic) bond motifs is 6. The molecule has 0 saturated carbocycles. The maximum Gasteiger partial charge on any atom is 0.165 e. The van der Waals surface area contributed by atoms with E-state index < -0.39 is 0 Å². The number of hydrogen-bond donors (Lipinski definition) is 0. The van der Waals surface area contributed by atoms with E-state index in [-0.39, 0.29) is 0 Å². The van der Waals surface area contributed by atoms with Gasteiger partial charge in [-0.1, -0.05) is 158 Å². The molecule has 0 spiro atoms. The Kier molecular flexibility index (Phi) is 7.64. The van der Waals surface area contributed by atoms with Crippen molar-refractivity contribution in [3.8, 4) is 67.5 Å². The van der Waals surface area contributed by atoms with Crippen LogP contribution in [0.3, 0.4) is 0 Å². The van der Waals surface area contributed by atoms with E-state index in [0.717, 1.165) is 54.5 Å². The van der Waals surface area contributed by atoms with Crippen molar-refractivity contribution in [1.82, 2.24) is 15.0 Å². The molecule has 11 aromatic rings. The number of benzene rings is 8. The molecule has 4 nitrogen and oxygen atoms in total. The van der Waals surface area contributed by atoms with E-state index in [0.29, 0.717) is 17.5 Å². The van der Waals surface area contributed by atoms with E-state index in [9.17, 15) is 0 Å². The number of nitrogens with zero attached hydrogens (tertiary/aromatic N) is 3. The fraction of sp³-hybridized carbons (Fsp3) is 0. The Labute approximate surface area is 327 Å². The van der Waals surface area contributed by atoms with E-state index in [1.165, 1.54) is 37.7 Å². The maximum absolute atomic E-state index is 6.50. The van der Waals surface area contributed by atoms with Crippen LogP contribution in [-0.4, -0.2) is 15.0 Å². The van der Waals surface area contributed by atoms with E-state index in [4.69, 9.17) is 19.4 Å². The zero-order valence-electron chi connectivity index (χ0n) is 30.1. The highest BCUT2D eigenvalue weighted by molar-refractivity contribution is 7.26. The van der Waals surface area contributed by atoms with E-state index in [1.807, 2.05) is 36.4 Å². The van der Waals surface area contributed by atoms with Crippen LogP contribution < -0.4 is 0 Å². The average Bonchev–Trinajstić information content (AvgIpc) is 3.86. The third kappa shape index (κ3) is 5.48. The molecule has 56 heavy (non-hydrogen) atoms. The van der Waals surface area contributed by atoms with Crippen LogP contribution >= 0.6 is 11.3 Å². The summed E-state index contributed by atoms with van der Waals surface area (Å²) >= 11 is 1.80. The van der Waals surface area contributed by atoms with Gasteiger partial charge in [-0.05, 0) is 63.7 Å². The number of hydrogen-bond acceptors (Lipinski definition) is 5. The third-order valence-corrected chi connectivity index (χ3v) is 11.8. The first-order chi connectivity index (χ1) is 27.7. The van der Waals surface area contributed by atoms with Crippen LogP contribution in [0.15, 0.2) is 192 Å². The van der Waals surface area contributed by atoms with E-state index in [1.54, 1.807) is 11.3 Å². The van der Waals surface area contributed by atoms with Gasteiger partial charge in [0, 0.05) is 47.6 Å². The van der Waals surface area contributed by atoms with Crippen molar-refractivity contribution in [3.05, 3.63) is 188 Å². The van der Waals surface area contributed by atoms with Gasteiger partial charge in [-0.25, -0.2) is 15.0 Å². The Hall–Kier alpha value is -7.21. The second-order valence-electron chi connectivity index (χ2n) is 13.9. The Morgan fingerprint density at radius 1 is 0.321 bits per heavy atom. The first kappa shape index (κ1) is 32.2. The highest BCUT2D eigenvalue weighted by atomic mass is 32.1. The van der Waals surface area contributed by atoms with Crippen LogP contribution in [0.4, 0.5) is 0 Å². The van der Waals surface area contributed by atoms with Gasteiger partial charge in [-0.15, -0.1) is 11.3 Å². The lowest BCUT2D eigenvalue weighted by molar-refractivity contribution is 0.669. The van der Waals surface area contributed by atoms with E-state index >= 15 is 0 Å². The number of furan rings is 1. The van der Waals surface area contributed by atoms with Crippen molar-refractivity contribution in [2.45, 2.75) is 0 Å². The summed E-state index contributed by atoms with van der Waals surface area (Å²) in [5, 5.41) is 4.41. The van der Waals surface area contributed by atoms with Crippen LogP contribution in [0, 0.1) is 0 Å². The van der Waals surface area contributed by atoms with Crippen molar-refractivity contribution in [2.75, 3.05) is 0 Å². The Balaban J connectivity index is 1.11. The van der Waals surface area contributed by atoms with Crippen molar-refractivity contribution in [3.63, 3.8) is 0 Å². The highest BCUT2D eigenvalue weighted by Gasteiger charge is 2.21. The second kappa shape index (κ2) is 13.3. The van der Waals surface area contributed by atoms with Crippen molar-refractivity contribution in [1.29, 1.82) is 0 Å². The third-order valence-electron chi connectivity index (χ3n) is 10.6. The van der Waals surface area contributed by atoms with Crippen LogP contribution in [0.25, 0.3) is 110 Å². The normalized spacial score (nSPS) is 11.6. The van der Waals surface area contributed by atoms with Crippen LogP contribution in [0.5, 0.6) is 0 Å². The lowest BCUT2D eigenvalue weighted by Gasteiger charge is -2.10. The molecule has 0 N–H and O–H groups in total. The topological polar surface area (TPSA) is 51.8 Å². The molecule has 0 aliphatic rings. The number of rotatable bonds is 6. The van der Waals surface area contributed by atoms with Crippen LogP contribution in [0.1, 0.15) is 0 Å². The molecular formula is C51H31N3OS. The molecule has 0 aliphatic carbocycles. The fourth-order valence-corrected chi connectivity index (χ4v) is 9.22. The molecule has 0 bridgehead atoms. The van der Waals surface area contributed by atoms with Gasteiger partial charge < -0.3 is 4.42 Å². The molecule has 3 heterocycles. The smallest absolute Gasteiger partial charge is 0.165 e. The fourth-order valence-electron chi connectivity index (χ4n) is 7.88. The lowest BCUT2D eigenvalue weighted by Crippen LogP contribution is -2.00. The predicted octanol–water partition coefficient (Wildman–Crippen LogP) is 14.1. The first-order valence-electron chi connectivity index (χ1n) is 18.7. The monoisotopic (exact) mass is 733 g/mol. The molecule has 0 amide bonds. The van der Waals surface area contributed by atoms with Crippen LogP contribution in [0.2, 0.25) is 0 Å². The number of aromatic nitrogens is 3. The average molecular weight is 734 g/mol. The molecule has 0 aliphatic heterocycles. The first-order valence-corrected chi connectivity index (χ1v) is 19.5. The quantitative estimate of drug-likeness (QED) is 0.171. The van der Waals surface area contributed by atoms with Crippen molar-refractivity contribution in [2.24, 2.45) is 0 Å². The molecule has 0 unspecified atom stereocenters. The Morgan fingerprint density at radius 3 is 1.57 bits per heavy atom. The van der Waals surface area contributed by atoms with Crippen molar-refractivity contribution < 1.29 is 4.42 Å². The molecule has 8 aromatic carbocycles.